The van der Waals surface area contributed by atoms with Gasteiger partial charge in [-0.15, -0.1) is 0 Å². The van der Waals surface area contributed by atoms with Crippen LogP contribution in [0.25, 0.3) is 11.4 Å². The minimum Gasteiger partial charge on any atom is -0.454 e. The lowest BCUT2D eigenvalue weighted by Crippen LogP contribution is -2.32. The molecule has 0 radical (unpaired) electrons. The molecule has 3 aromatic rings. The van der Waals surface area contributed by atoms with Crippen LogP contribution in [-0.4, -0.2) is 34.9 Å². The summed E-state index contributed by atoms with van der Waals surface area (Å²) in [4.78, 5) is 7.04. The quantitative estimate of drug-likeness (QED) is 0.673. The standard InChI is InChI=1S/C22H20N4O3/c23-12-15-2-1-3-16(10-15)13-26-8-6-17(7-9-26)22-24-21(25-29-22)18-4-5-19-20(11-18)28-14-27-19/h1-5,10-11,17H,6-9,13-14H2. The summed E-state index contributed by atoms with van der Waals surface area (Å²) in [6.45, 7) is 3.02. The van der Waals surface area contributed by atoms with Gasteiger partial charge in [0, 0.05) is 18.0 Å². The van der Waals surface area contributed by atoms with E-state index in [9.17, 15) is 0 Å². The summed E-state index contributed by atoms with van der Waals surface area (Å²) in [7, 11) is 0. The first kappa shape index (κ1) is 17.7. The third kappa shape index (κ3) is 3.67. The first-order chi connectivity index (χ1) is 14.3. The molecule has 0 amide bonds. The third-order valence-corrected chi connectivity index (χ3v) is 5.47. The van der Waals surface area contributed by atoms with Crippen LogP contribution in [0.2, 0.25) is 0 Å². The van der Waals surface area contributed by atoms with E-state index in [0.29, 0.717) is 23.0 Å². The molecule has 5 rings (SSSR count). The third-order valence-electron chi connectivity index (χ3n) is 5.47. The van der Waals surface area contributed by atoms with Gasteiger partial charge in [-0.05, 0) is 61.8 Å². The summed E-state index contributed by atoms with van der Waals surface area (Å²) in [5.74, 6) is 3.00. The van der Waals surface area contributed by atoms with Crippen LogP contribution >= 0.6 is 0 Å². The molecule has 2 aliphatic heterocycles. The van der Waals surface area contributed by atoms with E-state index < -0.39 is 0 Å². The van der Waals surface area contributed by atoms with E-state index in [4.69, 9.17) is 19.3 Å². The molecule has 0 saturated carbocycles. The molecule has 146 valence electrons. The number of fused-ring (bicyclic) bond motifs is 1. The van der Waals surface area contributed by atoms with Crippen LogP contribution in [0.15, 0.2) is 47.0 Å². The summed E-state index contributed by atoms with van der Waals surface area (Å²) in [5.41, 5.74) is 2.74. The Bertz CT molecular complexity index is 1060. The summed E-state index contributed by atoms with van der Waals surface area (Å²) in [6.07, 6.45) is 1.95. The highest BCUT2D eigenvalue weighted by Crippen LogP contribution is 2.36. The van der Waals surface area contributed by atoms with Gasteiger partial charge in [-0.2, -0.15) is 10.2 Å². The van der Waals surface area contributed by atoms with E-state index in [-0.39, 0.29) is 12.7 Å². The number of ether oxygens (including phenoxy) is 2. The Balaban J connectivity index is 1.22. The Morgan fingerprint density at radius 1 is 1.07 bits per heavy atom. The summed E-state index contributed by atoms with van der Waals surface area (Å²) >= 11 is 0. The van der Waals surface area contributed by atoms with Crippen LogP contribution in [0.3, 0.4) is 0 Å². The van der Waals surface area contributed by atoms with Crippen LogP contribution < -0.4 is 9.47 Å². The lowest BCUT2D eigenvalue weighted by Gasteiger charge is -2.30. The monoisotopic (exact) mass is 388 g/mol. The van der Waals surface area contributed by atoms with Crippen molar-refractivity contribution in [1.29, 1.82) is 5.26 Å². The van der Waals surface area contributed by atoms with Crippen molar-refractivity contribution in [2.45, 2.75) is 25.3 Å². The predicted molar refractivity (Wildman–Crippen MR) is 104 cm³/mol. The molecule has 0 atom stereocenters. The van der Waals surface area contributed by atoms with Gasteiger partial charge >= 0.3 is 0 Å². The van der Waals surface area contributed by atoms with Crippen molar-refractivity contribution >= 4 is 0 Å². The van der Waals surface area contributed by atoms with Crippen LogP contribution in [0.5, 0.6) is 11.5 Å². The Morgan fingerprint density at radius 3 is 2.79 bits per heavy atom. The molecular formula is C22H20N4O3. The van der Waals surface area contributed by atoms with Gasteiger partial charge in [0.2, 0.25) is 18.5 Å². The van der Waals surface area contributed by atoms with E-state index >= 15 is 0 Å². The zero-order chi connectivity index (χ0) is 19.6. The number of hydrogen-bond donors (Lipinski definition) is 0. The number of nitriles is 1. The number of hydrogen-bond acceptors (Lipinski definition) is 7. The van der Waals surface area contributed by atoms with Gasteiger partial charge < -0.3 is 14.0 Å². The molecule has 1 fully saturated rings. The highest BCUT2D eigenvalue weighted by Gasteiger charge is 2.26. The second-order valence-corrected chi connectivity index (χ2v) is 7.39. The molecule has 0 N–H and O–H groups in total. The maximum Gasteiger partial charge on any atom is 0.231 e. The molecule has 1 saturated heterocycles. The molecule has 0 aliphatic carbocycles. The van der Waals surface area contributed by atoms with Crippen LogP contribution in [0.1, 0.15) is 35.8 Å². The Labute approximate surface area is 168 Å². The van der Waals surface area contributed by atoms with Gasteiger partial charge in [0.05, 0.1) is 11.6 Å². The zero-order valence-electron chi connectivity index (χ0n) is 15.9. The van der Waals surface area contributed by atoms with E-state index in [2.05, 4.69) is 27.2 Å². The van der Waals surface area contributed by atoms with Gasteiger partial charge in [-0.3, -0.25) is 4.90 Å². The number of nitrogens with zero attached hydrogens (tertiary/aromatic N) is 4. The van der Waals surface area contributed by atoms with Gasteiger partial charge in [-0.1, -0.05) is 17.3 Å². The Kier molecular flexibility index (Phi) is 4.62. The van der Waals surface area contributed by atoms with Gasteiger partial charge in [-0.25, -0.2) is 0 Å². The zero-order valence-corrected chi connectivity index (χ0v) is 15.9. The number of piperidine rings is 1. The van der Waals surface area contributed by atoms with Gasteiger partial charge in [0.25, 0.3) is 0 Å². The fourth-order valence-electron chi connectivity index (χ4n) is 3.89. The van der Waals surface area contributed by atoms with Crippen molar-refractivity contribution in [2.24, 2.45) is 0 Å². The summed E-state index contributed by atoms with van der Waals surface area (Å²) < 4.78 is 16.3. The molecule has 2 aromatic carbocycles. The average molecular weight is 388 g/mol. The summed E-state index contributed by atoms with van der Waals surface area (Å²) in [5, 5.41) is 13.2. The van der Waals surface area contributed by atoms with Crippen molar-refractivity contribution in [3.63, 3.8) is 0 Å². The fourth-order valence-corrected chi connectivity index (χ4v) is 3.89. The van der Waals surface area contributed by atoms with Crippen LogP contribution in [0, 0.1) is 11.3 Å². The molecular weight excluding hydrogens is 368 g/mol. The maximum absolute atomic E-state index is 9.06. The molecule has 1 aromatic heterocycles. The molecule has 7 nitrogen and oxygen atoms in total. The van der Waals surface area contributed by atoms with Crippen molar-refractivity contribution in [1.82, 2.24) is 15.0 Å². The maximum atomic E-state index is 9.06. The first-order valence-electron chi connectivity index (χ1n) is 9.73. The first-order valence-corrected chi connectivity index (χ1v) is 9.73. The highest BCUT2D eigenvalue weighted by atomic mass is 16.7. The van der Waals surface area contributed by atoms with E-state index in [1.165, 1.54) is 5.56 Å². The smallest absolute Gasteiger partial charge is 0.231 e. The second kappa shape index (κ2) is 7.57. The Hall–Kier alpha value is -3.37. The Morgan fingerprint density at radius 2 is 1.93 bits per heavy atom. The molecule has 0 bridgehead atoms. The molecule has 7 heteroatoms. The van der Waals surface area contributed by atoms with Crippen molar-refractivity contribution in [3.8, 4) is 29.0 Å². The summed E-state index contributed by atoms with van der Waals surface area (Å²) in [6, 6.07) is 15.7. The minimum atomic E-state index is 0.246. The topological polar surface area (TPSA) is 84.4 Å². The van der Waals surface area contributed by atoms with Gasteiger partial charge in [0.1, 0.15) is 0 Å². The molecule has 0 unspecified atom stereocenters. The normalized spacial score (nSPS) is 16.7. The van der Waals surface area contributed by atoms with E-state index in [0.717, 1.165) is 43.8 Å². The van der Waals surface area contributed by atoms with Crippen molar-refractivity contribution in [2.75, 3.05) is 19.9 Å². The molecule has 29 heavy (non-hydrogen) atoms. The van der Waals surface area contributed by atoms with E-state index in [1.54, 1.807) is 0 Å². The molecule has 2 aliphatic rings. The second-order valence-electron chi connectivity index (χ2n) is 7.39. The van der Waals surface area contributed by atoms with Crippen molar-refractivity contribution in [3.05, 3.63) is 59.5 Å². The predicted octanol–water partition coefficient (Wildman–Crippen LogP) is 3.72. The van der Waals surface area contributed by atoms with Crippen LogP contribution in [-0.2, 0) is 6.54 Å². The van der Waals surface area contributed by atoms with Crippen LogP contribution in [0.4, 0.5) is 0 Å². The highest BCUT2D eigenvalue weighted by molar-refractivity contribution is 5.61. The minimum absolute atomic E-state index is 0.246. The van der Waals surface area contributed by atoms with E-state index in [1.807, 2.05) is 36.4 Å². The van der Waals surface area contributed by atoms with Gasteiger partial charge in [0.15, 0.2) is 11.5 Å². The molecule has 3 heterocycles. The average Bonchev–Trinajstić information content (AvgIpc) is 3.43. The number of benzene rings is 2. The number of rotatable bonds is 4. The number of likely N-dealkylation sites (tertiary alicyclic amines) is 1. The largest absolute Gasteiger partial charge is 0.454 e. The SMILES string of the molecule is N#Cc1cccc(CN2CCC(c3nc(-c4ccc5c(c4)OCO5)no3)CC2)c1. The molecule has 0 spiro atoms. The fraction of sp³-hybridized carbons (Fsp3) is 0.318. The lowest BCUT2D eigenvalue weighted by atomic mass is 9.96. The lowest BCUT2D eigenvalue weighted by molar-refractivity contribution is 0.174. The van der Waals surface area contributed by atoms with Crippen molar-refractivity contribution < 1.29 is 14.0 Å². The number of aromatic nitrogens is 2.